The van der Waals surface area contributed by atoms with Crippen LogP contribution in [0.3, 0.4) is 0 Å². The lowest BCUT2D eigenvalue weighted by atomic mass is 9.50. The van der Waals surface area contributed by atoms with Gasteiger partial charge in [0.1, 0.15) is 24.9 Å². The second-order valence-electron chi connectivity index (χ2n) is 12.1. The van der Waals surface area contributed by atoms with Crippen LogP contribution in [0, 0.1) is 23.7 Å². The number of fused-ring (bicyclic) bond motifs is 1. The molecule has 0 aromatic rings. The molecule has 0 aromatic carbocycles. The van der Waals surface area contributed by atoms with Crippen molar-refractivity contribution in [2.24, 2.45) is 23.7 Å². The van der Waals surface area contributed by atoms with Crippen LogP contribution in [0.25, 0.3) is 0 Å². The molecule has 6 aliphatic carbocycles. The molecule has 6 saturated carbocycles. The molecule has 1 heterocycles. The van der Waals surface area contributed by atoms with Crippen LogP contribution < -0.4 is 0 Å². The number of aliphatic hydroxyl groups is 1. The Balaban J connectivity index is 0.997. The second kappa shape index (κ2) is 8.07. The molecule has 200 valence electrons. The Morgan fingerprint density at radius 2 is 1.86 bits per heavy atom. The fourth-order valence-corrected chi connectivity index (χ4v) is 8.50. The van der Waals surface area contributed by atoms with Crippen molar-refractivity contribution in [3.63, 3.8) is 0 Å². The van der Waals surface area contributed by atoms with Crippen LogP contribution in [-0.4, -0.2) is 77.8 Å². The first-order valence-corrected chi connectivity index (χ1v) is 12.8. The Hall–Kier alpha value is -1.85. The SMILES string of the molecule is CC(F)(F)C(=O)OC12CC3CC(O)(CC(OCC(=O)OCCOC4C5CC6C(=O)OC4C6C5)(C3)C1)C2. The largest absolute Gasteiger partial charge is 0.462 e. The summed E-state index contributed by atoms with van der Waals surface area (Å²) >= 11 is 0. The first kappa shape index (κ1) is 24.5. The zero-order valence-corrected chi connectivity index (χ0v) is 20.2. The predicted octanol–water partition coefficient (Wildman–Crippen LogP) is 1.92. The average Bonchev–Trinajstić information content (AvgIpc) is 3.37. The van der Waals surface area contributed by atoms with Crippen LogP contribution in [-0.2, 0) is 38.1 Å². The summed E-state index contributed by atoms with van der Waals surface area (Å²) in [7, 11) is 0. The van der Waals surface area contributed by atoms with Crippen molar-refractivity contribution in [3.8, 4) is 0 Å². The van der Waals surface area contributed by atoms with Gasteiger partial charge in [0.2, 0.25) is 0 Å². The number of carbonyl (C=O) groups excluding carboxylic acids is 3. The van der Waals surface area contributed by atoms with Crippen molar-refractivity contribution in [3.05, 3.63) is 0 Å². The Labute approximate surface area is 207 Å². The third-order valence-corrected chi connectivity index (χ3v) is 9.17. The normalized spacial score (nSPS) is 45.7. The average molecular weight is 515 g/mol. The monoisotopic (exact) mass is 514 g/mol. The smallest absolute Gasteiger partial charge is 0.377 e. The van der Waals surface area contributed by atoms with Gasteiger partial charge in [-0.3, -0.25) is 4.79 Å². The summed E-state index contributed by atoms with van der Waals surface area (Å²) in [5.74, 6) is -5.48. The Morgan fingerprint density at radius 3 is 2.61 bits per heavy atom. The minimum atomic E-state index is -3.63. The summed E-state index contributed by atoms with van der Waals surface area (Å²) in [6.07, 6.45) is 3.30. The van der Waals surface area contributed by atoms with Crippen LogP contribution in [0.2, 0.25) is 0 Å². The first-order valence-electron chi connectivity index (χ1n) is 12.8. The lowest BCUT2D eigenvalue weighted by Crippen LogP contribution is -2.68. The van der Waals surface area contributed by atoms with Gasteiger partial charge in [0.15, 0.2) is 0 Å². The number of esters is 3. The van der Waals surface area contributed by atoms with Gasteiger partial charge in [0.25, 0.3) is 0 Å². The number of alkyl halides is 2. The van der Waals surface area contributed by atoms with Crippen LogP contribution in [0.4, 0.5) is 8.78 Å². The maximum absolute atomic E-state index is 13.5. The van der Waals surface area contributed by atoms with Crippen molar-refractivity contribution in [2.75, 3.05) is 19.8 Å². The highest BCUT2D eigenvalue weighted by Gasteiger charge is 2.66. The second-order valence-corrected chi connectivity index (χ2v) is 12.1. The van der Waals surface area contributed by atoms with E-state index in [4.69, 9.17) is 23.7 Å². The molecule has 0 amide bonds. The fourth-order valence-electron chi connectivity index (χ4n) is 8.50. The molecule has 1 aliphatic heterocycles. The van der Waals surface area contributed by atoms with Crippen molar-refractivity contribution >= 4 is 17.9 Å². The highest BCUT2D eigenvalue weighted by Crippen LogP contribution is 2.62. The first-order chi connectivity index (χ1) is 16.9. The summed E-state index contributed by atoms with van der Waals surface area (Å²) in [6.45, 7) is 0.320. The zero-order chi connectivity index (χ0) is 25.5. The van der Waals surface area contributed by atoms with E-state index >= 15 is 0 Å². The van der Waals surface area contributed by atoms with E-state index in [9.17, 15) is 28.3 Å². The molecule has 0 aromatic heterocycles. The van der Waals surface area contributed by atoms with E-state index < -0.39 is 34.7 Å². The molecular formula is C25H32F2O9. The number of rotatable bonds is 9. The van der Waals surface area contributed by atoms with Crippen LogP contribution in [0.15, 0.2) is 0 Å². The lowest BCUT2D eigenvalue weighted by Gasteiger charge is -2.63. The van der Waals surface area contributed by atoms with Gasteiger partial charge < -0.3 is 28.8 Å². The van der Waals surface area contributed by atoms with Gasteiger partial charge in [-0.1, -0.05) is 0 Å². The topological polar surface area (TPSA) is 118 Å². The van der Waals surface area contributed by atoms with Gasteiger partial charge >= 0.3 is 23.8 Å². The molecule has 9 nitrogen and oxygen atoms in total. The highest BCUT2D eigenvalue weighted by atomic mass is 19.3. The maximum Gasteiger partial charge on any atom is 0.377 e. The Kier molecular flexibility index (Phi) is 5.49. The van der Waals surface area contributed by atoms with E-state index in [-0.39, 0.29) is 75.0 Å². The molecule has 7 fully saturated rings. The van der Waals surface area contributed by atoms with E-state index in [2.05, 4.69) is 0 Å². The Morgan fingerprint density at radius 1 is 1.11 bits per heavy atom. The third kappa shape index (κ3) is 4.11. The number of carbonyl (C=O) groups is 3. The number of hydrogen-bond donors (Lipinski definition) is 1. The molecule has 9 atom stereocenters. The van der Waals surface area contributed by atoms with Gasteiger partial charge in [-0.15, -0.1) is 0 Å². The van der Waals surface area contributed by atoms with Crippen molar-refractivity contribution in [2.45, 2.75) is 93.2 Å². The van der Waals surface area contributed by atoms with Gasteiger partial charge in [-0.2, -0.15) is 8.78 Å². The van der Waals surface area contributed by atoms with E-state index in [1.54, 1.807) is 0 Å². The fraction of sp³-hybridized carbons (Fsp3) is 0.880. The highest BCUT2D eigenvalue weighted by molar-refractivity contribution is 5.77. The van der Waals surface area contributed by atoms with Gasteiger partial charge in [-0.05, 0) is 43.9 Å². The minimum Gasteiger partial charge on any atom is -0.462 e. The van der Waals surface area contributed by atoms with Crippen molar-refractivity contribution in [1.82, 2.24) is 0 Å². The summed E-state index contributed by atoms with van der Waals surface area (Å²) < 4.78 is 55.0. The molecule has 1 N–H and O–H groups in total. The van der Waals surface area contributed by atoms with Crippen molar-refractivity contribution < 1.29 is 52.0 Å². The summed E-state index contributed by atoms with van der Waals surface area (Å²) in [5, 5.41) is 11.1. The molecule has 6 bridgehead atoms. The van der Waals surface area contributed by atoms with Crippen LogP contribution in [0.5, 0.6) is 0 Å². The van der Waals surface area contributed by atoms with E-state index in [0.717, 1.165) is 12.8 Å². The number of halogens is 2. The predicted molar refractivity (Wildman–Crippen MR) is 115 cm³/mol. The third-order valence-electron chi connectivity index (χ3n) is 9.17. The quantitative estimate of drug-likeness (QED) is 0.280. The molecule has 7 aliphatic rings. The summed E-state index contributed by atoms with van der Waals surface area (Å²) in [5.41, 5.74) is -3.37. The van der Waals surface area contributed by atoms with E-state index in [0.29, 0.717) is 32.1 Å². The van der Waals surface area contributed by atoms with Crippen molar-refractivity contribution in [1.29, 1.82) is 0 Å². The molecule has 0 spiro atoms. The lowest BCUT2D eigenvalue weighted by molar-refractivity contribution is -0.278. The molecule has 11 heteroatoms. The summed E-state index contributed by atoms with van der Waals surface area (Å²) in [6, 6.07) is 0. The van der Waals surface area contributed by atoms with Gasteiger partial charge in [0, 0.05) is 32.1 Å². The molecule has 1 saturated heterocycles. The molecular weight excluding hydrogens is 482 g/mol. The molecule has 36 heavy (non-hydrogen) atoms. The maximum atomic E-state index is 13.5. The van der Waals surface area contributed by atoms with Crippen LogP contribution >= 0.6 is 0 Å². The number of ether oxygens (including phenoxy) is 5. The number of hydrogen-bond acceptors (Lipinski definition) is 9. The molecule has 9 unspecified atom stereocenters. The van der Waals surface area contributed by atoms with Gasteiger partial charge in [-0.25, -0.2) is 9.59 Å². The minimum absolute atomic E-state index is 0.0126. The summed E-state index contributed by atoms with van der Waals surface area (Å²) in [4.78, 5) is 36.2. The molecule has 7 rings (SSSR count). The van der Waals surface area contributed by atoms with Gasteiger partial charge in [0.05, 0.1) is 29.8 Å². The van der Waals surface area contributed by atoms with E-state index in [1.165, 1.54) is 0 Å². The van der Waals surface area contributed by atoms with E-state index in [1.807, 2.05) is 0 Å². The Bertz CT molecular complexity index is 968. The standard InChI is InChI=1S/C25H32F2O9/c1-22(26,27)21(30)36-25-8-13-6-23(31,11-25)10-24(7-13,12-25)34-9-17(28)32-2-3-33-18-14-4-15-16(5-14)20(29)35-19(15)18/h13-16,18-19,31H,2-12H2,1H3. The zero-order valence-electron chi connectivity index (χ0n) is 20.2. The molecule has 0 radical (unpaired) electrons. The van der Waals surface area contributed by atoms with Crippen LogP contribution in [0.1, 0.15) is 58.3 Å².